The monoisotopic (exact) mass is 373 g/mol. The van der Waals surface area contributed by atoms with Crippen LogP contribution >= 0.6 is 0 Å². The summed E-state index contributed by atoms with van der Waals surface area (Å²) in [4.78, 5) is 49.7. The molecule has 2 aromatic carbocycles. The smallest absolute Gasteiger partial charge is 0.324 e. The van der Waals surface area contributed by atoms with Crippen molar-refractivity contribution in [3.63, 3.8) is 0 Å². The summed E-state index contributed by atoms with van der Waals surface area (Å²) in [5.74, 6) is -5.25. The predicted octanol–water partition coefficient (Wildman–Crippen LogP) is 1.89. The van der Waals surface area contributed by atoms with Crippen molar-refractivity contribution >= 4 is 29.4 Å². The zero-order chi connectivity index (χ0) is 19.6. The fraction of sp³-hybridized carbons (Fsp3) is 0.111. The highest BCUT2D eigenvalue weighted by molar-refractivity contribution is 6.45. The third-order valence-electron chi connectivity index (χ3n) is 3.82. The summed E-state index contributed by atoms with van der Waals surface area (Å²) in [7, 11) is 0. The summed E-state index contributed by atoms with van der Waals surface area (Å²) in [6, 6.07) is 10.3. The number of nitrogens with one attached hydrogen (secondary N) is 1. The first-order chi connectivity index (χ1) is 12.9. The standard InChI is InChI=1S/C18H13F2N3O4/c19-13-7-6-12(8-14(13)20)21-15(24)10-23-17(26)16(25)22(18(23)27)9-11-4-2-1-3-5-11/h1-8H,9-10H2,(H,21,24). The van der Waals surface area contributed by atoms with Crippen molar-refractivity contribution in [2.75, 3.05) is 11.9 Å². The summed E-state index contributed by atoms with van der Waals surface area (Å²) in [5.41, 5.74) is 0.588. The number of benzene rings is 2. The van der Waals surface area contributed by atoms with Gasteiger partial charge in [0.05, 0.1) is 6.54 Å². The molecule has 0 saturated carbocycles. The lowest BCUT2D eigenvalue weighted by Crippen LogP contribution is -2.38. The zero-order valence-electron chi connectivity index (χ0n) is 13.8. The van der Waals surface area contributed by atoms with Crippen LogP contribution in [0, 0.1) is 11.6 Å². The van der Waals surface area contributed by atoms with Gasteiger partial charge in [-0.3, -0.25) is 19.3 Å². The van der Waals surface area contributed by atoms with Crippen LogP contribution in [0.4, 0.5) is 19.3 Å². The third-order valence-corrected chi connectivity index (χ3v) is 3.82. The molecule has 1 heterocycles. The molecule has 7 nitrogen and oxygen atoms in total. The van der Waals surface area contributed by atoms with Crippen molar-refractivity contribution in [2.24, 2.45) is 0 Å². The fourth-order valence-electron chi connectivity index (χ4n) is 2.51. The maximum atomic E-state index is 13.2. The van der Waals surface area contributed by atoms with Gasteiger partial charge in [-0.2, -0.15) is 0 Å². The van der Waals surface area contributed by atoms with E-state index in [2.05, 4.69) is 5.32 Å². The van der Waals surface area contributed by atoms with Crippen LogP contribution in [0.5, 0.6) is 0 Å². The minimum absolute atomic E-state index is 0.0505. The Morgan fingerprint density at radius 1 is 0.889 bits per heavy atom. The topological polar surface area (TPSA) is 86.8 Å². The average molecular weight is 373 g/mol. The predicted molar refractivity (Wildman–Crippen MR) is 89.1 cm³/mol. The molecule has 1 aliphatic rings. The van der Waals surface area contributed by atoms with Crippen LogP contribution in [0.1, 0.15) is 5.56 Å². The Hall–Kier alpha value is -3.62. The summed E-state index contributed by atoms with van der Waals surface area (Å²) < 4.78 is 26.1. The highest BCUT2D eigenvalue weighted by atomic mass is 19.2. The second-order valence-electron chi connectivity index (χ2n) is 5.73. The van der Waals surface area contributed by atoms with E-state index in [0.717, 1.165) is 23.1 Å². The minimum atomic E-state index is -1.16. The van der Waals surface area contributed by atoms with Gasteiger partial charge in [0.15, 0.2) is 11.6 Å². The van der Waals surface area contributed by atoms with Gasteiger partial charge in [-0.1, -0.05) is 30.3 Å². The van der Waals surface area contributed by atoms with Crippen LogP contribution in [0.15, 0.2) is 48.5 Å². The molecule has 0 aromatic heterocycles. The highest BCUT2D eigenvalue weighted by Crippen LogP contribution is 2.17. The molecule has 27 heavy (non-hydrogen) atoms. The molecule has 0 spiro atoms. The maximum absolute atomic E-state index is 13.2. The van der Waals surface area contributed by atoms with Crippen LogP contribution in [0.2, 0.25) is 0 Å². The first-order valence-corrected chi connectivity index (χ1v) is 7.83. The normalized spacial score (nSPS) is 14.1. The van der Waals surface area contributed by atoms with Crippen molar-refractivity contribution < 1.29 is 28.0 Å². The van der Waals surface area contributed by atoms with Gasteiger partial charge in [0, 0.05) is 11.8 Å². The van der Waals surface area contributed by atoms with Crippen LogP contribution in [0.25, 0.3) is 0 Å². The van der Waals surface area contributed by atoms with Crippen molar-refractivity contribution in [3.05, 3.63) is 65.7 Å². The van der Waals surface area contributed by atoms with Crippen LogP contribution in [-0.2, 0) is 20.9 Å². The van der Waals surface area contributed by atoms with Crippen LogP contribution in [0.3, 0.4) is 0 Å². The number of nitrogens with zero attached hydrogens (tertiary/aromatic N) is 2. The van der Waals surface area contributed by atoms with E-state index < -0.39 is 41.9 Å². The zero-order valence-corrected chi connectivity index (χ0v) is 13.8. The molecule has 0 bridgehead atoms. The molecule has 5 amide bonds. The molecule has 0 unspecified atom stereocenters. The van der Waals surface area contributed by atoms with Gasteiger partial charge in [0.1, 0.15) is 6.54 Å². The molecule has 3 rings (SSSR count). The maximum Gasteiger partial charge on any atom is 0.335 e. The SMILES string of the molecule is O=C(CN1C(=O)C(=O)N(Cc2ccccc2)C1=O)Nc1ccc(F)c(F)c1. The molecule has 1 fully saturated rings. The number of imide groups is 2. The molecular weight excluding hydrogens is 360 g/mol. The van der Waals surface area contributed by atoms with Gasteiger partial charge >= 0.3 is 17.8 Å². The number of hydrogen-bond donors (Lipinski definition) is 1. The minimum Gasteiger partial charge on any atom is -0.324 e. The van der Waals surface area contributed by atoms with Gasteiger partial charge in [0.25, 0.3) is 0 Å². The van der Waals surface area contributed by atoms with E-state index in [9.17, 15) is 28.0 Å². The first kappa shape index (κ1) is 18.2. The lowest BCUT2D eigenvalue weighted by molar-refractivity contribution is -0.143. The van der Waals surface area contributed by atoms with Crippen molar-refractivity contribution in [3.8, 4) is 0 Å². The molecule has 9 heteroatoms. The number of rotatable bonds is 5. The van der Waals surface area contributed by atoms with Gasteiger partial charge in [-0.15, -0.1) is 0 Å². The number of halogens is 2. The Balaban J connectivity index is 1.68. The molecule has 138 valence electrons. The lowest BCUT2D eigenvalue weighted by Gasteiger charge is -2.15. The summed E-state index contributed by atoms with van der Waals surface area (Å²) in [6.07, 6.45) is 0. The van der Waals surface area contributed by atoms with Crippen molar-refractivity contribution in [1.82, 2.24) is 9.80 Å². The number of carbonyl (C=O) groups is 4. The van der Waals surface area contributed by atoms with E-state index in [1.54, 1.807) is 30.3 Å². The van der Waals surface area contributed by atoms with Crippen LogP contribution in [-0.4, -0.2) is 40.1 Å². The van der Waals surface area contributed by atoms with E-state index in [-0.39, 0.29) is 12.2 Å². The first-order valence-electron chi connectivity index (χ1n) is 7.83. The number of carbonyl (C=O) groups excluding carboxylic acids is 4. The molecule has 2 aromatic rings. The van der Waals surface area contributed by atoms with Gasteiger partial charge in [-0.05, 0) is 17.7 Å². The molecule has 1 N–H and O–H groups in total. The van der Waals surface area contributed by atoms with Crippen molar-refractivity contribution in [2.45, 2.75) is 6.54 Å². The Bertz CT molecular complexity index is 933. The number of urea groups is 1. The number of anilines is 1. The molecule has 0 aliphatic carbocycles. The fourth-order valence-corrected chi connectivity index (χ4v) is 2.51. The average Bonchev–Trinajstić information content (AvgIpc) is 2.84. The second kappa shape index (κ2) is 7.32. The summed E-state index contributed by atoms with van der Waals surface area (Å²) >= 11 is 0. The van der Waals surface area contributed by atoms with E-state index in [0.29, 0.717) is 10.5 Å². The second-order valence-corrected chi connectivity index (χ2v) is 5.73. The van der Waals surface area contributed by atoms with E-state index >= 15 is 0 Å². The Morgan fingerprint density at radius 3 is 2.22 bits per heavy atom. The van der Waals surface area contributed by atoms with Crippen LogP contribution < -0.4 is 5.32 Å². The van der Waals surface area contributed by atoms with Gasteiger partial charge in [0.2, 0.25) is 5.91 Å². The molecule has 0 radical (unpaired) electrons. The van der Waals surface area contributed by atoms with Gasteiger partial charge in [-0.25, -0.2) is 18.5 Å². The molecule has 0 atom stereocenters. The van der Waals surface area contributed by atoms with Crippen molar-refractivity contribution in [1.29, 1.82) is 0 Å². The summed E-state index contributed by atoms with van der Waals surface area (Å²) in [5, 5.41) is 2.24. The molecular formula is C18H13F2N3O4. The molecule has 1 saturated heterocycles. The lowest BCUT2D eigenvalue weighted by atomic mass is 10.2. The number of hydrogen-bond acceptors (Lipinski definition) is 4. The Labute approximate surface area is 152 Å². The Kier molecular flexibility index (Phi) is 4.93. The summed E-state index contributed by atoms with van der Waals surface area (Å²) in [6.45, 7) is -0.834. The largest absolute Gasteiger partial charge is 0.335 e. The third kappa shape index (κ3) is 3.81. The molecule has 1 aliphatic heterocycles. The van der Waals surface area contributed by atoms with E-state index in [1.165, 1.54) is 0 Å². The number of amides is 5. The van der Waals surface area contributed by atoms with E-state index in [1.807, 2.05) is 0 Å². The van der Waals surface area contributed by atoms with Gasteiger partial charge < -0.3 is 5.32 Å². The Morgan fingerprint density at radius 2 is 1.56 bits per heavy atom. The quantitative estimate of drug-likeness (QED) is 0.641. The van der Waals surface area contributed by atoms with E-state index in [4.69, 9.17) is 0 Å². The highest BCUT2D eigenvalue weighted by Gasteiger charge is 2.45.